The third-order valence-corrected chi connectivity index (χ3v) is 6.73. The molecule has 4 N–H and O–H groups in total. The summed E-state index contributed by atoms with van der Waals surface area (Å²) in [5.74, 6) is 1.09. The molecule has 28 heavy (non-hydrogen) atoms. The molecule has 1 atom stereocenters. The molecule has 7 nitrogen and oxygen atoms in total. The van der Waals surface area contributed by atoms with Gasteiger partial charge in [-0.1, -0.05) is 17.7 Å². The number of nitrogens with one attached hydrogen (secondary N) is 3. The van der Waals surface area contributed by atoms with Crippen LogP contribution in [-0.4, -0.2) is 26.3 Å². The minimum atomic E-state index is -2.72. The molecule has 0 bridgehead atoms. The zero-order valence-electron chi connectivity index (χ0n) is 15.1. The summed E-state index contributed by atoms with van der Waals surface area (Å²) < 4.78 is 15.1. The Labute approximate surface area is 173 Å². The van der Waals surface area contributed by atoms with E-state index in [9.17, 15) is 9.32 Å². The Balaban J connectivity index is 1.85. The normalized spacial score (nSPS) is 13.0. The van der Waals surface area contributed by atoms with Crippen LogP contribution in [0.25, 0.3) is 0 Å². The van der Waals surface area contributed by atoms with Crippen LogP contribution >= 0.6 is 11.6 Å². The van der Waals surface area contributed by atoms with E-state index in [1.807, 2.05) is 13.0 Å². The Hall–Kier alpha value is -2.46. The summed E-state index contributed by atoms with van der Waals surface area (Å²) in [6.07, 6.45) is 1.41. The van der Waals surface area contributed by atoms with Crippen molar-refractivity contribution in [3.8, 4) is 5.75 Å². The Morgan fingerprint density at radius 2 is 1.79 bits per heavy atom. The summed E-state index contributed by atoms with van der Waals surface area (Å²) in [5.41, 5.74) is 2.36. The molecule has 0 amide bonds. The maximum atomic E-state index is 12.4. The van der Waals surface area contributed by atoms with Crippen molar-refractivity contribution < 1.29 is 9.32 Å². The summed E-state index contributed by atoms with van der Waals surface area (Å²) in [7, 11) is -1.15. The van der Waals surface area contributed by atoms with Crippen LogP contribution in [0.4, 0.5) is 23.0 Å². The molecule has 1 heterocycles. The highest BCUT2D eigenvalue weighted by Crippen LogP contribution is 2.28. The molecule has 3 aromatic rings. The first-order valence-electron chi connectivity index (χ1n) is 8.17. The minimum Gasteiger partial charge on any atom is -0.506 e. The average Bonchev–Trinajstić information content (AvgIpc) is 2.67. The summed E-state index contributed by atoms with van der Waals surface area (Å²) in [4.78, 5) is 8.92. The van der Waals surface area contributed by atoms with Crippen molar-refractivity contribution in [1.82, 2.24) is 14.7 Å². The second kappa shape index (κ2) is 8.27. The zero-order valence-corrected chi connectivity index (χ0v) is 17.5. The van der Waals surface area contributed by atoms with Crippen molar-refractivity contribution in [2.75, 3.05) is 17.7 Å². The fourth-order valence-corrected chi connectivity index (χ4v) is 3.63. The van der Waals surface area contributed by atoms with Gasteiger partial charge in [0, 0.05) is 28.6 Å². The summed E-state index contributed by atoms with van der Waals surface area (Å²) in [6, 6.07) is 11.8. The lowest BCUT2D eigenvalue weighted by atomic mass is 10.2. The number of aromatic hydroxyl groups is 1. The predicted octanol–water partition coefficient (Wildman–Crippen LogP) is 3.87. The van der Waals surface area contributed by atoms with E-state index in [-0.39, 0.29) is 10.8 Å². The van der Waals surface area contributed by atoms with Crippen molar-refractivity contribution >= 4 is 54.5 Å². The van der Waals surface area contributed by atoms with Gasteiger partial charge in [-0.25, -0.2) is 18.9 Å². The molecule has 0 spiro atoms. The van der Waals surface area contributed by atoms with E-state index >= 15 is 0 Å². The number of halogens is 1. The molecule has 0 aliphatic carbocycles. The fourth-order valence-electron chi connectivity index (χ4n) is 2.39. The minimum absolute atomic E-state index is 0.00695. The maximum Gasteiger partial charge on any atom is 0.135 e. The van der Waals surface area contributed by atoms with Gasteiger partial charge in [-0.15, -0.1) is 0 Å². The Bertz CT molecular complexity index is 1120. The molecule has 0 saturated carbocycles. The first-order chi connectivity index (χ1) is 13.3. The van der Waals surface area contributed by atoms with Crippen LogP contribution in [-0.2, 0) is 19.9 Å². The van der Waals surface area contributed by atoms with E-state index in [2.05, 4.69) is 25.3 Å². The lowest BCUT2D eigenvalue weighted by molar-refractivity contribution is 0.475. The molecule has 3 rings (SSSR count). The van der Waals surface area contributed by atoms with E-state index in [1.54, 1.807) is 37.4 Å². The van der Waals surface area contributed by atoms with Crippen molar-refractivity contribution in [1.29, 1.82) is 0 Å². The molecule has 0 aliphatic rings. The van der Waals surface area contributed by atoms with Gasteiger partial charge in [0.15, 0.2) is 0 Å². The van der Waals surface area contributed by atoms with E-state index in [4.69, 9.17) is 22.8 Å². The molecule has 0 aliphatic heterocycles. The molecule has 146 valence electrons. The van der Waals surface area contributed by atoms with Gasteiger partial charge in [0.25, 0.3) is 0 Å². The van der Waals surface area contributed by atoms with Gasteiger partial charge >= 0.3 is 0 Å². The number of rotatable bonds is 6. The predicted molar refractivity (Wildman–Crippen MR) is 116 cm³/mol. The van der Waals surface area contributed by atoms with Crippen LogP contribution in [0.15, 0.2) is 53.7 Å². The van der Waals surface area contributed by atoms with Crippen molar-refractivity contribution in [2.45, 2.75) is 11.8 Å². The number of benzene rings is 2. The third kappa shape index (κ3) is 4.68. The monoisotopic (exact) mass is 435 g/mol. The fraction of sp³-hybridized carbons (Fsp3) is 0.111. The van der Waals surface area contributed by atoms with E-state index in [1.165, 1.54) is 12.4 Å². The molecule has 0 radical (unpaired) electrons. The first kappa shape index (κ1) is 20.3. The Morgan fingerprint density at radius 3 is 2.46 bits per heavy atom. The highest BCUT2D eigenvalue weighted by Gasteiger charge is 2.10. The Morgan fingerprint density at radius 1 is 1.07 bits per heavy atom. The number of hydrogen-bond donors (Lipinski definition) is 4. The molecule has 0 fully saturated rings. The molecular weight excluding hydrogens is 418 g/mol. The van der Waals surface area contributed by atoms with Gasteiger partial charge in [-0.3, -0.25) is 0 Å². The summed E-state index contributed by atoms with van der Waals surface area (Å²) >= 11 is 11.0. The number of nitrogens with zero attached hydrogens (tertiary/aromatic N) is 2. The number of aryl methyl sites for hydroxylation is 1. The van der Waals surface area contributed by atoms with Crippen LogP contribution in [0.2, 0.25) is 5.02 Å². The summed E-state index contributed by atoms with van der Waals surface area (Å²) in [5, 5.41) is 16.0. The number of phenolic OH excluding ortho intramolecular Hbond substituents is 1. The molecule has 0 saturated heterocycles. The van der Waals surface area contributed by atoms with Crippen LogP contribution < -0.4 is 15.4 Å². The largest absolute Gasteiger partial charge is 0.506 e. The second-order valence-corrected chi connectivity index (χ2v) is 9.59. The Kier molecular flexibility index (Phi) is 5.99. The van der Waals surface area contributed by atoms with Crippen LogP contribution in [0.1, 0.15) is 5.56 Å². The standard InChI is InChI=1S/C18H18ClN5O2S2/c1-11-3-5-13(28(26,27)20-2)8-15(11)24-18-9-17(21-10-22-18)23-12-4-6-16(25)14(19)7-12/h3-10,20,25H,1-2H3,(H2,21,22,23,24). The number of phenols is 1. The number of anilines is 4. The number of aromatic nitrogens is 2. The lowest BCUT2D eigenvalue weighted by Crippen LogP contribution is -2.17. The van der Waals surface area contributed by atoms with Crippen molar-refractivity contribution in [3.63, 3.8) is 0 Å². The maximum absolute atomic E-state index is 12.4. The van der Waals surface area contributed by atoms with E-state index < -0.39 is 8.68 Å². The average molecular weight is 436 g/mol. The molecule has 2 aromatic carbocycles. The zero-order chi connectivity index (χ0) is 20.3. The van der Waals surface area contributed by atoms with Crippen LogP contribution in [0.5, 0.6) is 5.75 Å². The third-order valence-electron chi connectivity index (χ3n) is 3.94. The molecule has 10 heteroatoms. The van der Waals surface area contributed by atoms with Crippen molar-refractivity contribution in [2.24, 2.45) is 0 Å². The van der Waals surface area contributed by atoms with Gasteiger partial charge in [-0.05, 0) is 49.9 Å². The second-order valence-electron chi connectivity index (χ2n) is 5.89. The van der Waals surface area contributed by atoms with Crippen molar-refractivity contribution in [3.05, 3.63) is 59.4 Å². The summed E-state index contributed by atoms with van der Waals surface area (Å²) in [6.45, 7) is 1.93. The number of hydrogen-bond acceptors (Lipinski definition) is 7. The van der Waals surface area contributed by atoms with Crippen LogP contribution in [0.3, 0.4) is 0 Å². The van der Waals surface area contributed by atoms with Crippen LogP contribution in [0, 0.1) is 6.92 Å². The van der Waals surface area contributed by atoms with Gasteiger partial charge in [0.05, 0.1) is 9.92 Å². The highest BCUT2D eigenvalue weighted by atomic mass is 35.5. The first-order valence-corrected chi connectivity index (χ1v) is 11.0. The van der Waals surface area contributed by atoms with Gasteiger partial charge in [-0.2, -0.15) is 0 Å². The highest BCUT2D eigenvalue weighted by molar-refractivity contribution is 8.31. The quantitative estimate of drug-likeness (QED) is 0.436. The van der Waals surface area contributed by atoms with Gasteiger partial charge in [0.2, 0.25) is 0 Å². The van der Waals surface area contributed by atoms with Gasteiger partial charge in [0.1, 0.15) is 32.4 Å². The van der Waals surface area contributed by atoms with Gasteiger partial charge < -0.3 is 15.7 Å². The SMILES string of the molecule is CNS(=O)(=S)c1ccc(C)c(Nc2cc(Nc3ccc(O)c(Cl)c3)ncn2)c1. The molecule has 1 unspecified atom stereocenters. The topological polar surface area (TPSA) is 99.2 Å². The van der Waals surface area contributed by atoms with E-state index in [0.29, 0.717) is 22.2 Å². The lowest BCUT2D eigenvalue weighted by Gasteiger charge is -2.13. The molecule has 1 aromatic heterocycles. The molecular formula is C18H18ClN5O2S2. The smallest absolute Gasteiger partial charge is 0.135 e. The van der Waals surface area contributed by atoms with E-state index in [0.717, 1.165) is 11.3 Å².